The quantitative estimate of drug-likeness (QED) is 0.815. The number of H-pyrrole nitrogens is 1. The lowest BCUT2D eigenvalue weighted by molar-refractivity contribution is -0.117. The Morgan fingerprint density at radius 3 is 2.81 bits per heavy atom. The van der Waals surface area contributed by atoms with Gasteiger partial charge in [-0.3, -0.25) is 4.79 Å². The van der Waals surface area contributed by atoms with Crippen molar-refractivity contribution in [1.29, 1.82) is 0 Å². The number of carbonyl (C=O) groups is 1. The van der Waals surface area contributed by atoms with E-state index in [0.29, 0.717) is 0 Å². The van der Waals surface area contributed by atoms with Crippen LogP contribution in [0.5, 0.6) is 0 Å². The number of hydrogen-bond acceptors (Lipinski definition) is 1. The molecule has 2 rings (SSSR count). The van der Waals surface area contributed by atoms with Crippen molar-refractivity contribution in [3.05, 3.63) is 30.5 Å². The number of hydrogen-bond donors (Lipinski definition) is 2. The molecule has 16 heavy (non-hydrogen) atoms. The first kappa shape index (κ1) is 11.2. The summed E-state index contributed by atoms with van der Waals surface area (Å²) in [6.45, 7) is 3.63. The van der Waals surface area contributed by atoms with E-state index in [2.05, 4.69) is 26.2 Å². The van der Waals surface area contributed by atoms with Gasteiger partial charge in [0.15, 0.2) is 0 Å². The molecule has 0 atom stereocenters. The van der Waals surface area contributed by atoms with E-state index < -0.39 is 4.32 Å². The van der Waals surface area contributed by atoms with Crippen LogP contribution in [0, 0.1) is 0 Å². The predicted molar refractivity (Wildman–Crippen MR) is 69.9 cm³/mol. The molecule has 84 valence electrons. The molecule has 0 unspecified atom stereocenters. The summed E-state index contributed by atoms with van der Waals surface area (Å²) in [7, 11) is 0. The first-order chi connectivity index (χ1) is 7.47. The minimum absolute atomic E-state index is 0.0533. The van der Waals surface area contributed by atoms with Gasteiger partial charge in [-0.25, -0.2) is 0 Å². The highest BCUT2D eigenvalue weighted by Crippen LogP contribution is 2.21. The number of amides is 1. The number of carbonyl (C=O) groups excluding carboxylic acids is 1. The van der Waals surface area contributed by atoms with E-state index in [1.165, 1.54) is 0 Å². The second-order valence-electron chi connectivity index (χ2n) is 4.21. The molecule has 1 amide bonds. The van der Waals surface area contributed by atoms with E-state index in [4.69, 9.17) is 0 Å². The number of aromatic nitrogens is 1. The highest BCUT2D eigenvalue weighted by Gasteiger charge is 2.23. The Bertz CT molecular complexity index is 525. The number of aromatic amines is 1. The third-order valence-electron chi connectivity index (χ3n) is 2.35. The summed E-state index contributed by atoms with van der Waals surface area (Å²) >= 11 is 3.33. The normalized spacial score (nSPS) is 11.7. The first-order valence-electron chi connectivity index (χ1n) is 5.04. The molecule has 0 saturated heterocycles. The minimum atomic E-state index is -0.555. The van der Waals surface area contributed by atoms with Crippen molar-refractivity contribution in [2.45, 2.75) is 18.2 Å². The lowest BCUT2D eigenvalue weighted by atomic mass is 10.2. The molecule has 1 aromatic carbocycles. The summed E-state index contributed by atoms with van der Waals surface area (Å²) < 4.78 is -0.555. The number of halogens is 1. The number of fused-ring (bicyclic) bond motifs is 1. The summed E-state index contributed by atoms with van der Waals surface area (Å²) in [6.07, 6.45) is 1.88. The number of rotatable bonds is 2. The molecule has 0 spiro atoms. The van der Waals surface area contributed by atoms with Crippen molar-refractivity contribution in [3.63, 3.8) is 0 Å². The molecule has 0 aliphatic carbocycles. The summed E-state index contributed by atoms with van der Waals surface area (Å²) in [5.74, 6) is -0.0533. The van der Waals surface area contributed by atoms with Crippen LogP contribution in [0.1, 0.15) is 13.8 Å². The molecule has 2 aromatic rings. The van der Waals surface area contributed by atoms with E-state index in [0.717, 1.165) is 16.6 Å². The molecule has 2 N–H and O–H groups in total. The van der Waals surface area contributed by atoms with Crippen LogP contribution in [0.25, 0.3) is 10.9 Å². The van der Waals surface area contributed by atoms with Gasteiger partial charge >= 0.3 is 0 Å². The zero-order valence-corrected chi connectivity index (χ0v) is 10.8. The van der Waals surface area contributed by atoms with Crippen LogP contribution in [-0.4, -0.2) is 15.2 Å². The smallest absolute Gasteiger partial charge is 0.240 e. The van der Waals surface area contributed by atoms with Gasteiger partial charge in [0.2, 0.25) is 5.91 Å². The Hall–Kier alpha value is -1.29. The maximum atomic E-state index is 11.7. The van der Waals surface area contributed by atoms with E-state index >= 15 is 0 Å². The summed E-state index contributed by atoms with van der Waals surface area (Å²) in [5.41, 5.74) is 1.88. The maximum absolute atomic E-state index is 11.7. The van der Waals surface area contributed by atoms with Crippen LogP contribution in [0.2, 0.25) is 0 Å². The zero-order valence-electron chi connectivity index (χ0n) is 9.17. The van der Waals surface area contributed by atoms with Crippen molar-refractivity contribution in [3.8, 4) is 0 Å². The van der Waals surface area contributed by atoms with E-state index in [1.807, 2.05) is 44.3 Å². The van der Waals surface area contributed by atoms with Crippen molar-refractivity contribution in [1.82, 2.24) is 4.98 Å². The average Bonchev–Trinajstić information content (AvgIpc) is 2.63. The van der Waals surface area contributed by atoms with E-state index in [9.17, 15) is 4.79 Å². The van der Waals surface area contributed by atoms with Crippen LogP contribution >= 0.6 is 15.9 Å². The summed E-state index contributed by atoms with van der Waals surface area (Å²) in [4.78, 5) is 14.9. The fourth-order valence-corrected chi connectivity index (χ4v) is 1.51. The van der Waals surface area contributed by atoms with Gasteiger partial charge in [-0.05, 0) is 38.1 Å². The molecule has 0 aliphatic heterocycles. The summed E-state index contributed by atoms with van der Waals surface area (Å²) in [5, 5.41) is 3.95. The van der Waals surface area contributed by atoms with Gasteiger partial charge < -0.3 is 10.3 Å². The predicted octanol–water partition coefficient (Wildman–Crippen LogP) is 3.28. The third-order valence-corrected chi connectivity index (χ3v) is 2.71. The van der Waals surface area contributed by atoms with E-state index in [-0.39, 0.29) is 5.91 Å². The van der Waals surface area contributed by atoms with Crippen molar-refractivity contribution in [2.24, 2.45) is 0 Å². The Morgan fingerprint density at radius 2 is 2.12 bits per heavy atom. The topological polar surface area (TPSA) is 44.9 Å². The number of nitrogens with one attached hydrogen (secondary N) is 2. The monoisotopic (exact) mass is 280 g/mol. The average molecular weight is 281 g/mol. The minimum Gasteiger partial charge on any atom is -0.361 e. The second kappa shape index (κ2) is 3.94. The lowest BCUT2D eigenvalue weighted by Crippen LogP contribution is -2.30. The van der Waals surface area contributed by atoms with Crippen LogP contribution in [-0.2, 0) is 4.79 Å². The Kier molecular flexibility index (Phi) is 2.76. The molecular formula is C12H13BrN2O. The molecular weight excluding hydrogens is 268 g/mol. The Balaban J connectivity index is 2.24. The standard InChI is InChI=1S/C12H13BrN2O/c1-12(2,13)11(16)15-9-3-4-10-8(7-9)5-6-14-10/h3-7,14H,1-2H3,(H,15,16). The summed E-state index contributed by atoms with van der Waals surface area (Å²) in [6, 6.07) is 7.76. The molecule has 0 fully saturated rings. The number of benzene rings is 1. The first-order valence-corrected chi connectivity index (χ1v) is 5.83. The van der Waals surface area contributed by atoms with Crippen molar-refractivity contribution < 1.29 is 4.79 Å². The Labute approximate surface area is 102 Å². The van der Waals surface area contributed by atoms with Gasteiger partial charge in [0, 0.05) is 22.8 Å². The molecule has 1 heterocycles. The van der Waals surface area contributed by atoms with Gasteiger partial charge in [0.1, 0.15) is 0 Å². The molecule has 4 heteroatoms. The van der Waals surface area contributed by atoms with E-state index in [1.54, 1.807) is 0 Å². The van der Waals surface area contributed by atoms with Crippen LogP contribution in [0.3, 0.4) is 0 Å². The van der Waals surface area contributed by atoms with Gasteiger partial charge in [-0.2, -0.15) is 0 Å². The maximum Gasteiger partial charge on any atom is 0.240 e. The van der Waals surface area contributed by atoms with Crippen molar-refractivity contribution in [2.75, 3.05) is 5.32 Å². The van der Waals surface area contributed by atoms with Gasteiger partial charge in [-0.15, -0.1) is 0 Å². The highest BCUT2D eigenvalue weighted by atomic mass is 79.9. The van der Waals surface area contributed by atoms with Gasteiger partial charge in [0.05, 0.1) is 4.32 Å². The SMILES string of the molecule is CC(C)(Br)C(=O)Nc1ccc2[nH]ccc2c1. The largest absolute Gasteiger partial charge is 0.361 e. The Morgan fingerprint density at radius 1 is 1.38 bits per heavy atom. The zero-order chi connectivity index (χ0) is 11.8. The number of anilines is 1. The molecule has 0 radical (unpaired) electrons. The second-order valence-corrected chi connectivity index (χ2v) is 6.19. The number of alkyl halides is 1. The lowest BCUT2D eigenvalue weighted by Gasteiger charge is -2.15. The highest BCUT2D eigenvalue weighted by molar-refractivity contribution is 9.10. The van der Waals surface area contributed by atoms with Crippen LogP contribution in [0.15, 0.2) is 30.5 Å². The molecule has 0 bridgehead atoms. The van der Waals surface area contributed by atoms with Gasteiger partial charge in [-0.1, -0.05) is 15.9 Å². The fraction of sp³-hybridized carbons (Fsp3) is 0.250. The molecule has 0 saturated carbocycles. The van der Waals surface area contributed by atoms with Crippen LogP contribution in [0.4, 0.5) is 5.69 Å². The van der Waals surface area contributed by atoms with Crippen LogP contribution < -0.4 is 5.32 Å². The molecule has 1 aromatic heterocycles. The molecule has 3 nitrogen and oxygen atoms in total. The third kappa shape index (κ3) is 2.27. The fourth-order valence-electron chi connectivity index (χ4n) is 1.41. The van der Waals surface area contributed by atoms with Gasteiger partial charge in [0.25, 0.3) is 0 Å². The van der Waals surface area contributed by atoms with Crippen molar-refractivity contribution >= 4 is 38.4 Å². The molecule has 0 aliphatic rings.